The first kappa shape index (κ1) is 16.7. The second-order valence-corrected chi connectivity index (χ2v) is 8.11. The van der Waals surface area contributed by atoms with Crippen molar-refractivity contribution in [2.45, 2.75) is 51.1 Å². The first-order chi connectivity index (χ1) is 9.88. The fourth-order valence-electron chi connectivity index (χ4n) is 3.41. The maximum Gasteiger partial charge on any atom is 0.227 e. The van der Waals surface area contributed by atoms with Gasteiger partial charge in [-0.3, -0.25) is 4.79 Å². The van der Waals surface area contributed by atoms with Gasteiger partial charge in [0.15, 0.2) is 0 Å². The van der Waals surface area contributed by atoms with Crippen LogP contribution in [0.15, 0.2) is 0 Å². The van der Waals surface area contributed by atoms with E-state index >= 15 is 0 Å². The van der Waals surface area contributed by atoms with Crippen LogP contribution in [0.4, 0.5) is 0 Å². The second kappa shape index (κ2) is 7.07. The number of hydrogen-bond acceptors (Lipinski definition) is 4. The molecule has 1 amide bonds. The molecule has 3 atom stereocenters. The molecule has 2 fully saturated rings. The highest BCUT2D eigenvalue weighted by atomic mass is 32.2. The number of carbonyl (C=O) groups is 1. The molecule has 0 bridgehead atoms. The van der Waals surface area contributed by atoms with Gasteiger partial charge in [-0.05, 0) is 45.6 Å². The van der Waals surface area contributed by atoms with Gasteiger partial charge in [-0.1, -0.05) is 0 Å². The van der Waals surface area contributed by atoms with Gasteiger partial charge in [0.05, 0.1) is 12.2 Å². The van der Waals surface area contributed by atoms with E-state index in [1.807, 2.05) is 4.90 Å². The number of amides is 1. The van der Waals surface area contributed by atoms with Gasteiger partial charge < -0.3 is 10.2 Å². The van der Waals surface area contributed by atoms with Crippen LogP contribution in [0, 0.1) is 5.92 Å². The predicted octanol–water partition coefficient (Wildman–Crippen LogP) is 0.305. The molecule has 0 aliphatic carbocycles. The third-order valence-corrected chi connectivity index (χ3v) is 5.32. The molecule has 2 heterocycles. The number of rotatable bonds is 5. The van der Waals surface area contributed by atoms with Gasteiger partial charge in [0.25, 0.3) is 0 Å². The summed E-state index contributed by atoms with van der Waals surface area (Å²) in [6.07, 6.45) is 5.93. The van der Waals surface area contributed by atoms with E-state index in [1.54, 1.807) is 0 Å². The molecule has 0 spiro atoms. The highest BCUT2D eigenvalue weighted by Crippen LogP contribution is 2.25. The Balaban J connectivity index is 1.93. The van der Waals surface area contributed by atoms with Crippen molar-refractivity contribution in [1.29, 1.82) is 0 Å². The average Bonchev–Trinajstić information content (AvgIpc) is 2.83. The molecule has 0 aromatic heterocycles. The van der Waals surface area contributed by atoms with Crippen LogP contribution in [-0.2, 0) is 14.8 Å². The van der Waals surface area contributed by atoms with Crippen LogP contribution in [0.1, 0.15) is 39.0 Å². The molecular formula is C14H27N3O3S. The Hall–Kier alpha value is -0.660. The Morgan fingerprint density at radius 3 is 2.71 bits per heavy atom. The van der Waals surface area contributed by atoms with Crippen molar-refractivity contribution in [1.82, 2.24) is 14.9 Å². The molecule has 7 heteroatoms. The van der Waals surface area contributed by atoms with Crippen molar-refractivity contribution in [3.05, 3.63) is 0 Å². The fraction of sp³-hybridized carbons (Fsp3) is 0.929. The van der Waals surface area contributed by atoms with E-state index in [1.165, 1.54) is 6.26 Å². The molecule has 6 nitrogen and oxygen atoms in total. The average molecular weight is 317 g/mol. The smallest absolute Gasteiger partial charge is 0.227 e. The summed E-state index contributed by atoms with van der Waals surface area (Å²) in [7, 11) is -3.15. The standard InChI is InChI=1S/C14H27N3O3S/c1-11-13(7-8-15-11)14(18)17-10-4-3-5-12(17)6-9-16-21(2,19)20/h11-13,15-16H,3-10H2,1-2H3. The summed E-state index contributed by atoms with van der Waals surface area (Å²) in [5, 5.41) is 3.33. The van der Waals surface area contributed by atoms with Crippen LogP contribution in [0.5, 0.6) is 0 Å². The van der Waals surface area contributed by atoms with E-state index in [0.717, 1.165) is 38.8 Å². The van der Waals surface area contributed by atoms with Crippen molar-refractivity contribution in [3.8, 4) is 0 Å². The summed E-state index contributed by atoms with van der Waals surface area (Å²) in [4.78, 5) is 14.7. The fourth-order valence-corrected chi connectivity index (χ4v) is 3.90. The van der Waals surface area contributed by atoms with E-state index in [2.05, 4.69) is 17.0 Å². The minimum Gasteiger partial charge on any atom is -0.339 e. The molecule has 0 radical (unpaired) electrons. The largest absolute Gasteiger partial charge is 0.339 e. The third kappa shape index (κ3) is 4.66. The topological polar surface area (TPSA) is 78.5 Å². The lowest BCUT2D eigenvalue weighted by Crippen LogP contribution is -2.49. The summed E-state index contributed by atoms with van der Waals surface area (Å²) in [5.41, 5.74) is 0. The Kier molecular flexibility index (Phi) is 5.62. The van der Waals surface area contributed by atoms with Gasteiger partial charge in [0.1, 0.15) is 0 Å². The highest BCUT2D eigenvalue weighted by Gasteiger charge is 2.36. The normalized spacial score (nSPS) is 30.6. The predicted molar refractivity (Wildman–Crippen MR) is 82.4 cm³/mol. The van der Waals surface area contributed by atoms with E-state index in [4.69, 9.17) is 0 Å². The molecule has 0 saturated carbocycles. The number of hydrogen-bond donors (Lipinski definition) is 2. The van der Waals surface area contributed by atoms with Crippen molar-refractivity contribution in [2.75, 3.05) is 25.9 Å². The Labute approximate surface area is 127 Å². The molecule has 21 heavy (non-hydrogen) atoms. The molecule has 3 unspecified atom stereocenters. The van der Waals surface area contributed by atoms with Crippen LogP contribution in [-0.4, -0.2) is 57.2 Å². The molecule has 0 aromatic carbocycles. The van der Waals surface area contributed by atoms with Crippen LogP contribution >= 0.6 is 0 Å². The first-order valence-corrected chi connectivity index (χ1v) is 9.76. The van der Waals surface area contributed by atoms with Crippen molar-refractivity contribution < 1.29 is 13.2 Å². The van der Waals surface area contributed by atoms with Crippen molar-refractivity contribution >= 4 is 15.9 Å². The SMILES string of the molecule is CC1NCCC1C(=O)N1CCCCC1CCNS(C)(=O)=O. The maximum absolute atomic E-state index is 12.7. The summed E-state index contributed by atoms with van der Waals surface area (Å²) in [5.74, 6) is 0.324. The number of likely N-dealkylation sites (tertiary alicyclic amines) is 1. The van der Waals surface area contributed by atoms with Crippen molar-refractivity contribution in [2.24, 2.45) is 5.92 Å². The second-order valence-electron chi connectivity index (χ2n) is 6.27. The zero-order valence-corrected chi connectivity index (χ0v) is 13.8. The van der Waals surface area contributed by atoms with Gasteiger partial charge in [-0.15, -0.1) is 0 Å². The zero-order chi connectivity index (χ0) is 15.5. The lowest BCUT2D eigenvalue weighted by Gasteiger charge is -2.38. The van der Waals surface area contributed by atoms with E-state index in [0.29, 0.717) is 13.0 Å². The molecule has 2 saturated heterocycles. The Morgan fingerprint density at radius 1 is 1.33 bits per heavy atom. The maximum atomic E-state index is 12.7. The first-order valence-electron chi connectivity index (χ1n) is 7.87. The van der Waals surface area contributed by atoms with Gasteiger partial charge in [-0.25, -0.2) is 13.1 Å². The van der Waals surface area contributed by atoms with E-state index in [9.17, 15) is 13.2 Å². The van der Waals surface area contributed by atoms with Crippen molar-refractivity contribution in [3.63, 3.8) is 0 Å². The molecule has 2 aliphatic rings. The highest BCUT2D eigenvalue weighted by molar-refractivity contribution is 7.88. The molecule has 2 N–H and O–H groups in total. The molecule has 2 rings (SSSR count). The zero-order valence-electron chi connectivity index (χ0n) is 13.0. The van der Waals surface area contributed by atoms with Gasteiger partial charge in [0, 0.05) is 25.2 Å². The van der Waals surface area contributed by atoms with Crippen LogP contribution < -0.4 is 10.0 Å². The molecule has 2 aliphatic heterocycles. The van der Waals surface area contributed by atoms with Gasteiger partial charge >= 0.3 is 0 Å². The molecular weight excluding hydrogens is 290 g/mol. The Bertz CT molecular complexity index is 466. The van der Waals surface area contributed by atoms with Crippen LogP contribution in [0.3, 0.4) is 0 Å². The number of carbonyl (C=O) groups excluding carboxylic acids is 1. The number of nitrogens with one attached hydrogen (secondary N) is 2. The third-order valence-electron chi connectivity index (χ3n) is 4.59. The van der Waals surface area contributed by atoms with Crippen LogP contribution in [0.2, 0.25) is 0 Å². The van der Waals surface area contributed by atoms with E-state index in [-0.39, 0.29) is 23.9 Å². The minimum atomic E-state index is -3.15. The summed E-state index contributed by atoms with van der Waals surface area (Å²) in [6, 6.07) is 0.419. The van der Waals surface area contributed by atoms with E-state index < -0.39 is 10.0 Å². The molecule has 122 valence electrons. The summed E-state index contributed by atoms with van der Waals surface area (Å²) in [6.45, 7) is 4.20. The van der Waals surface area contributed by atoms with Crippen LogP contribution in [0.25, 0.3) is 0 Å². The molecule has 0 aromatic rings. The van der Waals surface area contributed by atoms with Gasteiger partial charge in [-0.2, -0.15) is 0 Å². The monoisotopic (exact) mass is 317 g/mol. The lowest BCUT2D eigenvalue weighted by atomic mass is 9.94. The number of sulfonamides is 1. The van der Waals surface area contributed by atoms with Gasteiger partial charge in [0.2, 0.25) is 15.9 Å². The quantitative estimate of drug-likeness (QED) is 0.765. The summed E-state index contributed by atoms with van der Waals surface area (Å²) < 4.78 is 24.8. The lowest BCUT2D eigenvalue weighted by molar-refractivity contribution is -0.139. The summed E-state index contributed by atoms with van der Waals surface area (Å²) >= 11 is 0. The number of nitrogens with zero attached hydrogens (tertiary/aromatic N) is 1. The Morgan fingerprint density at radius 2 is 2.10 bits per heavy atom. The number of piperidine rings is 1. The minimum absolute atomic E-state index is 0.0773.